The molecule has 0 aromatic heterocycles. The van der Waals surface area contributed by atoms with Gasteiger partial charge in [0.05, 0.1) is 36.5 Å². The predicted octanol–water partition coefficient (Wildman–Crippen LogP) is 0.733. The van der Waals surface area contributed by atoms with E-state index in [1.54, 1.807) is 11.8 Å². The predicted molar refractivity (Wildman–Crippen MR) is 112 cm³/mol. The number of hydrogen-bond donors (Lipinski definition) is 0. The summed E-state index contributed by atoms with van der Waals surface area (Å²) in [5.74, 6) is -2.47. The number of sulfone groups is 1. The van der Waals surface area contributed by atoms with Gasteiger partial charge in [-0.15, -0.1) is 0 Å². The van der Waals surface area contributed by atoms with Gasteiger partial charge in [-0.3, -0.25) is 14.4 Å². The third-order valence-electron chi connectivity index (χ3n) is 5.08. The molecule has 0 aliphatic carbocycles. The van der Waals surface area contributed by atoms with Crippen LogP contribution in [-0.4, -0.2) is 75.0 Å². The Balaban J connectivity index is 1.83. The first-order chi connectivity index (χ1) is 14.6. The van der Waals surface area contributed by atoms with Crippen LogP contribution in [0, 0.1) is 17.2 Å². The number of hydrogen-bond acceptors (Lipinski definition) is 7. The van der Waals surface area contributed by atoms with Gasteiger partial charge in [0.2, 0.25) is 11.8 Å². The molecule has 1 aliphatic rings. The Morgan fingerprint density at radius 3 is 2.35 bits per heavy atom. The number of nitriles is 1. The first-order valence-electron chi connectivity index (χ1n) is 10.0. The molecule has 1 aromatic rings. The lowest BCUT2D eigenvalue weighted by Gasteiger charge is -2.32. The first-order valence-corrected chi connectivity index (χ1v) is 11.8. The summed E-state index contributed by atoms with van der Waals surface area (Å²) in [4.78, 5) is 39.3. The monoisotopic (exact) mass is 449 g/mol. The average molecular weight is 450 g/mol. The zero-order valence-corrected chi connectivity index (χ0v) is 18.6. The Hall–Kier alpha value is -2.93. The molecule has 0 spiro atoms. The highest BCUT2D eigenvalue weighted by atomic mass is 32.2. The van der Waals surface area contributed by atoms with E-state index < -0.39 is 21.5 Å². The molecule has 9 nitrogen and oxygen atoms in total. The van der Waals surface area contributed by atoms with Gasteiger partial charge in [0.25, 0.3) is 0 Å². The van der Waals surface area contributed by atoms with Crippen molar-refractivity contribution in [3.05, 3.63) is 35.4 Å². The summed E-state index contributed by atoms with van der Waals surface area (Å²) in [6, 6.07) is 8.06. The van der Waals surface area contributed by atoms with E-state index in [-0.39, 0.29) is 30.1 Å². The molecule has 1 saturated heterocycles. The number of amides is 2. The molecular formula is C21H27N3O6S. The summed E-state index contributed by atoms with van der Waals surface area (Å²) in [6.45, 7) is 2.62. The SMILES string of the molecule is CCOC(=O)C1CCN(C(=O)CN(C)C(=O)CS(=O)(=O)Cc2ccc(C#N)cc2)CC1. The highest BCUT2D eigenvalue weighted by Crippen LogP contribution is 2.19. The van der Waals surface area contributed by atoms with Crippen molar-refractivity contribution in [2.75, 3.05) is 39.0 Å². The minimum absolute atomic E-state index is 0.226. The van der Waals surface area contributed by atoms with Crippen LogP contribution in [0.15, 0.2) is 24.3 Å². The Morgan fingerprint density at radius 1 is 1.19 bits per heavy atom. The molecule has 10 heteroatoms. The molecule has 2 rings (SSSR count). The maximum atomic E-state index is 12.5. The van der Waals surface area contributed by atoms with E-state index in [9.17, 15) is 22.8 Å². The van der Waals surface area contributed by atoms with Gasteiger partial charge >= 0.3 is 5.97 Å². The van der Waals surface area contributed by atoms with E-state index in [2.05, 4.69) is 0 Å². The van der Waals surface area contributed by atoms with Crippen LogP contribution in [0.3, 0.4) is 0 Å². The van der Waals surface area contributed by atoms with E-state index in [1.807, 2.05) is 6.07 Å². The highest BCUT2D eigenvalue weighted by molar-refractivity contribution is 7.91. The average Bonchev–Trinajstić information content (AvgIpc) is 2.73. The summed E-state index contributed by atoms with van der Waals surface area (Å²) in [5, 5.41) is 8.80. The fraction of sp³-hybridized carbons (Fsp3) is 0.524. The van der Waals surface area contributed by atoms with Crippen LogP contribution in [0.5, 0.6) is 0 Å². The third-order valence-corrected chi connectivity index (χ3v) is 6.54. The number of rotatable bonds is 8. The number of nitrogens with zero attached hydrogens (tertiary/aromatic N) is 3. The third kappa shape index (κ3) is 7.36. The molecule has 168 valence electrons. The van der Waals surface area contributed by atoms with Crippen molar-refractivity contribution < 1.29 is 27.5 Å². The number of ether oxygens (including phenoxy) is 1. The lowest BCUT2D eigenvalue weighted by atomic mass is 9.97. The van der Waals surface area contributed by atoms with E-state index >= 15 is 0 Å². The van der Waals surface area contributed by atoms with E-state index in [4.69, 9.17) is 10.00 Å². The quantitative estimate of drug-likeness (QED) is 0.536. The number of esters is 1. The number of carbonyl (C=O) groups is 3. The molecule has 0 radical (unpaired) electrons. The van der Waals surface area contributed by atoms with Gasteiger partial charge in [0.1, 0.15) is 5.75 Å². The molecule has 0 unspecified atom stereocenters. The zero-order valence-electron chi connectivity index (χ0n) is 17.7. The van der Waals surface area contributed by atoms with Crippen molar-refractivity contribution in [2.45, 2.75) is 25.5 Å². The lowest BCUT2D eigenvalue weighted by molar-refractivity contribution is -0.151. The van der Waals surface area contributed by atoms with Crippen molar-refractivity contribution in [1.82, 2.24) is 9.80 Å². The number of piperidine rings is 1. The van der Waals surface area contributed by atoms with Gasteiger partial charge in [0.15, 0.2) is 9.84 Å². The summed E-state index contributed by atoms with van der Waals surface area (Å²) in [7, 11) is -2.34. The lowest BCUT2D eigenvalue weighted by Crippen LogP contribution is -2.46. The highest BCUT2D eigenvalue weighted by Gasteiger charge is 2.29. The fourth-order valence-electron chi connectivity index (χ4n) is 3.29. The Morgan fingerprint density at radius 2 is 1.81 bits per heavy atom. The molecule has 0 atom stereocenters. The summed E-state index contributed by atoms with van der Waals surface area (Å²) >= 11 is 0. The van der Waals surface area contributed by atoms with Gasteiger partial charge in [-0.2, -0.15) is 5.26 Å². The van der Waals surface area contributed by atoms with Gasteiger partial charge in [0, 0.05) is 20.1 Å². The maximum Gasteiger partial charge on any atom is 0.309 e. The molecule has 31 heavy (non-hydrogen) atoms. The number of likely N-dealkylation sites (N-methyl/N-ethyl adjacent to an activating group) is 1. The van der Waals surface area contributed by atoms with E-state index in [0.717, 1.165) is 4.90 Å². The van der Waals surface area contributed by atoms with Crippen LogP contribution in [0.1, 0.15) is 30.9 Å². The summed E-state index contributed by atoms with van der Waals surface area (Å²) in [6.07, 6.45) is 1.00. The fourth-order valence-corrected chi connectivity index (χ4v) is 4.69. The minimum Gasteiger partial charge on any atom is -0.466 e. The molecule has 0 saturated carbocycles. The second kappa shape index (κ2) is 10.9. The van der Waals surface area contributed by atoms with Crippen LogP contribution in [0.25, 0.3) is 0 Å². The second-order valence-corrected chi connectivity index (χ2v) is 9.56. The molecule has 1 heterocycles. The number of carbonyl (C=O) groups excluding carboxylic acids is 3. The summed E-state index contributed by atoms with van der Waals surface area (Å²) in [5.41, 5.74) is 0.900. The van der Waals surface area contributed by atoms with Crippen LogP contribution in [-0.2, 0) is 34.7 Å². The molecule has 1 aliphatic heterocycles. The Kier molecular flexibility index (Phi) is 8.56. The Labute approximate surface area is 182 Å². The number of likely N-dealkylation sites (tertiary alicyclic amines) is 1. The van der Waals surface area contributed by atoms with Crippen molar-refractivity contribution in [3.8, 4) is 6.07 Å². The summed E-state index contributed by atoms with van der Waals surface area (Å²) < 4.78 is 29.7. The molecule has 1 fully saturated rings. The topological polar surface area (TPSA) is 125 Å². The van der Waals surface area contributed by atoms with Crippen molar-refractivity contribution in [1.29, 1.82) is 5.26 Å². The van der Waals surface area contributed by atoms with Crippen LogP contribution < -0.4 is 0 Å². The normalized spacial score (nSPS) is 14.5. The standard InChI is InChI=1S/C21H27N3O6S/c1-3-30-21(27)18-8-10-24(11-9-18)19(25)13-23(2)20(26)15-31(28,29)14-17-6-4-16(12-22)5-7-17/h4-7,18H,3,8-11,13-15H2,1-2H3. The van der Waals surface area contributed by atoms with Crippen molar-refractivity contribution in [2.24, 2.45) is 5.92 Å². The Bertz CT molecular complexity index is 944. The van der Waals surface area contributed by atoms with Gasteiger partial charge < -0.3 is 14.5 Å². The zero-order chi connectivity index (χ0) is 23.0. The van der Waals surface area contributed by atoms with E-state index in [1.165, 1.54) is 31.3 Å². The number of benzene rings is 1. The van der Waals surface area contributed by atoms with Crippen molar-refractivity contribution >= 4 is 27.6 Å². The minimum atomic E-state index is -3.73. The van der Waals surface area contributed by atoms with Crippen LogP contribution in [0.4, 0.5) is 0 Å². The van der Waals surface area contributed by atoms with E-state index in [0.29, 0.717) is 43.7 Å². The van der Waals surface area contributed by atoms with Crippen LogP contribution in [0.2, 0.25) is 0 Å². The molecule has 0 bridgehead atoms. The van der Waals surface area contributed by atoms with Crippen molar-refractivity contribution in [3.63, 3.8) is 0 Å². The molecule has 0 N–H and O–H groups in total. The largest absolute Gasteiger partial charge is 0.466 e. The van der Waals surface area contributed by atoms with Gasteiger partial charge in [-0.1, -0.05) is 12.1 Å². The van der Waals surface area contributed by atoms with Gasteiger partial charge in [-0.05, 0) is 37.5 Å². The molecule has 1 aromatic carbocycles. The van der Waals surface area contributed by atoms with Crippen LogP contribution >= 0.6 is 0 Å². The second-order valence-electron chi connectivity index (χ2n) is 7.50. The molecular weight excluding hydrogens is 422 g/mol. The first kappa shape index (κ1) is 24.3. The molecule has 2 amide bonds. The smallest absolute Gasteiger partial charge is 0.309 e. The van der Waals surface area contributed by atoms with Gasteiger partial charge in [-0.25, -0.2) is 8.42 Å². The maximum absolute atomic E-state index is 12.5.